The maximum absolute atomic E-state index is 12.2. The van der Waals surface area contributed by atoms with E-state index in [1.165, 1.54) is 0 Å². The van der Waals surface area contributed by atoms with Crippen LogP contribution >= 0.6 is 0 Å². The molecule has 0 radical (unpaired) electrons. The molecule has 3 atom stereocenters. The third-order valence-corrected chi connectivity index (χ3v) is 5.81. The Morgan fingerprint density at radius 1 is 1.33 bits per heavy atom. The quantitative estimate of drug-likeness (QED) is 0.641. The summed E-state index contributed by atoms with van der Waals surface area (Å²) in [6.07, 6.45) is 0.116. The summed E-state index contributed by atoms with van der Waals surface area (Å²) in [6.45, 7) is 0. The van der Waals surface area contributed by atoms with Crippen molar-refractivity contribution in [2.45, 2.75) is 24.9 Å². The number of fused-ring (bicyclic) bond motifs is 1. The Kier molecular flexibility index (Phi) is 4.37. The summed E-state index contributed by atoms with van der Waals surface area (Å²) in [5.41, 5.74) is 0.723. The molecule has 1 aromatic carbocycles. The van der Waals surface area contributed by atoms with Gasteiger partial charge in [-0.2, -0.15) is 0 Å². The monoisotopic (exact) mass is 351 g/mol. The first-order valence-electron chi connectivity index (χ1n) is 7.54. The van der Waals surface area contributed by atoms with Gasteiger partial charge in [0.1, 0.15) is 17.5 Å². The van der Waals surface area contributed by atoms with Gasteiger partial charge in [0.25, 0.3) is 5.91 Å². The second-order valence-electron chi connectivity index (χ2n) is 5.93. The van der Waals surface area contributed by atoms with E-state index in [0.29, 0.717) is 17.7 Å². The molecule has 24 heavy (non-hydrogen) atoms. The van der Waals surface area contributed by atoms with Crippen LogP contribution in [0.15, 0.2) is 24.3 Å². The van der Waals surface area contributed by atoms with Crippen LogP contribution in [-0.4, -0.2) is 45.9 Å². The van der Waals surface area contributed by atoms with Crippen molar-refractivity contribution in [1.82, 2.24) is 10.6 Å². The van der Waals surface area contributed by atoms with Crippen LogP contribution in [0.1, 0.15) is 23.2 Å². The predicted octanol–water partition coefficient (Wildman–Crippen LogP) is -0.354. The summed E-state index contributed by atoms with van der Waals surface area (Å²) in [7, 11) is -3.10. The normalized spacial score (nSPS) is 29.2. The third kappa shape index (κ3) is 3.62. The van der Waals surface area contributed by atoms with Crippen molar-refractivity contribution in [3.05, 3.63) is 29.8 Å². The van der Waals surface area contributed by atoms with E-state index in [1.54, 1.807) is 24.3 Å². The molecule has 8 nitrogen and oxygen atoms in total. The molecule has 128 valence electrons. The second-order valence-corrected chi connectivity index (χ2v) is 8.16. The average Bonchev–Trinajstić information content (AvgIpc) is 2.79. The second kappa shape index (κ2) is 6.33. The number of hydrogen-bond acceptors (Lipinski definition) is 5. The standard InChI is InChI=1S/C15H17N3O5S/c19-13(16-9-5-6-24(22,23)8-9)7-12-15(21)17-11-4-2-1-3-10(11)14(20)18-12/h1-4,9,12H,5-8H2,(H3-,16,17,18,19,20,21,22,23). The summed E-state index contributed by atoms with van der Waals surface area (Å²) in [5.74, 6) is -1.43. The van der Waals surface area contributed by atoms with Crippen molar-refractivity contribution in [3.8, 4) is 0 Å². The highest BCUT2D eigenvalue weighted by Gasteiger charge is 2.34. The number of hydrogen-bond donors (Lipinski definition) is 3. The van der Waals surface area contributed by atoms with Gasteiger partial charge in [0.05, 0.1) is 23.7 Å². The number of nitrogens with one attached hydrogen (secondary N) is 3. The number of amides is 3. The Morgan fingerprint density at radius 2 is 2.08 bits per heavy atom. The zero-order chi connectivity index (χ0) is 17.3. The van der Waals surface area contributed by atoms with Crippen LogP contribution in [-0.2, 0) is 24.0 Å². The smallest absolute Gasteiger partial charge is 0.254 e. The molecule has 2 heterocycles. The zero-order valence-electron chi connectivity index (χ0n) is 12.7. The van der Waals surface area contributed by atoms with Crippen molar-refractivity contribution in [2.75, 3.05) is 16.8 Å². The molecular formula is C15H17N3O5S. The minimum Gasteiger partial charge on any atom is -0.615 e. The van der Waals surface area contributed by atoms with Gasteiger partial charge in [0, 0.05) is 16.6 Å². The van der Waals surface area contributed by atoms with Crippen LogP contribution in [0.4, 0.5) is 5.69 Å². The molecule has 0 saturated carbocycles. The van der Waals surface area contributed by atoms with E-state index in [1.807, 2.05) is 0 Å². The van der Waals surface area contributed by atoms with Crippen LogP contribution in [0, 0.1) is 0 Å². The van der Waals surface area contributed by atoms with Gasteiger partial charge in [-0.1, -0.05) is 12.1 Å². The molecule has 1 saturated heterocycles. The zero-order valence-corrected chi connectivity index (χ0v) is 13.6. The molecule has 1 fully saturated rings. The van der Waals surface area contributed by atoms with Crippen LogP contribution in [0.5, 0.6) is 0 Å². The minimum atomic E-state index is -3.10. The number of carbonyl (C=O) groups excluding carboxylic acids is 3. The van der Waals surface area contributed by atoms with E-state index in [9.17, 15) is 23.1 Å². The number of sulfone groups is 1. The van der Waals surface area contributed by atoms with E-state index < -0.39 is 40.0 Å². The van der Waals surface area contributed by atoms with E-state index in [-0.39, 0.29) is 17.9 Å². The predicted molar refractivity (Wildman–Crippen MR) is 86.1 cm³/mol. The molecule has 0 aliphatic carbocycles. The SMILES string of the molecule is O=C(CC1NC(=O)c2ccccc2NC1=O)NC1CC[S+](=O)([O-])C1. The number of anilines is 1. The van der Waals surface area contributed by atoms with E-state index in [4.69, 9.17) is 0 Å². The van der Waals surface area contributed by atoms with Crippen LogP contribution in [0.3, 0.4) is 0 Å². The highest BCUT2D eigenvalue weighted by Crippen LogP contribution is 2.19. The molecule has 3 amide bonds. The number of rotatable bonds is 3. The van der Waals surface area contributed by atoms with Crippen LogP contribution in [0.25, 0.3) is 0 Å². The number of benzene rings is 1. The Labute approximate surface area is 139 Å². The molecule has 3 N–H and O–H groups in total. The van der Waals surface area contributed by atoms with Gasteiger partial charge < -0.3 is 20.5 Å². The van der Waals surface area contributed by atoms with Gasteiger partial charge in [0.2, 0.25) is 11.8 Å². The van der Waals surface area contributed by atoms with Crippen molar-refractivity contribution in [1.29, 1.82) is 0 Å². The molecule has 0 aromatic heterocycles. The van der Waals surface area contributed by atoms with Gasteiger partial charge in [-0.25, -0.2) is 0 Å². The molecular weight excluding hydrogens is 334 g/mol. The lowest BCUT2D eigenvalue weighted by Gasteiger charge is -2.16. The van der Waals surface area contributed by atoms with E-state index in [0.717, 1.165) is 0 Å². The summed E-state index contributed by atoms with van der Waals surface area (Å²) < 4.78 is 22.8. The summed E-state index contributed by atoms with van der Waals surface area (Å²) in [4.78, 5) is 36.4. The molecule has 3 unspecified atom stereocenters. The largest absolute Gasteiger partial charge is 0.615 e. The summed E-state index contributed by atoms with van der Waals surface area (Å²) in [5, 5.41) is 7.75. The third-order valence-electron chi connectivity index (χ3n) is 4.04. The summed E-state index contributed by atoms with van der Waals surface area (Å²) in [6, 6.07) is 5.11. The first kappa shape index (κ1) is 16.6. The fraction of sp³-hybridized carbons (Fsp3) is 0.400. The Morgan fingerprint density at radius 3 is 2.79 bits per heavy atom. The first-order valence-corrected chi connectivity index (χ1v) is 9.37. The Bertz CT molecular complexity index is 750. The van der Waals surface area contributed by atoms with E-state index >= 15 is 0 Å². The highest BCUT2D eigenvalue weighted by molar-refractivity contribution is 7.97. The lowest BCUT2D eigenvalue weighted by Crippen LogP contribution is -2.46. The van der Waals surface area contributed by atoms with Gasteiger partial charge in [-0.15, -0.1) is 4.21 Å². The molecule has 2 aliphatic rings. The molecule has 9 heteroatoms. The van der Waals surface area contributed by atoms with Gasteiger partial charge in [0.15, 0.2) is 0 Å². The van der Waals surface area contributed by atoms with Gasteiger partial charge >= 0.3 is 0 Å². The lowest BCUT2D eigenvalue weighted by atomic mass is 10.1. The molecule has 1 aromatic rings. The molecule has 0 bridgehead atoms. The number of para-hydroxylation sites is 1. The molecule has 0 spiro atoms. The van der Waals surface area contributed by atoms with Crippen molar-refractivity contribution < 1.29 is 23.1 Å². The fourth-order valence-electron chi connectivity index (χ4n) is 2.84. The van der Waals surface area contributed by atoms with Gasteiger partial charge in [-0.3, -0.25) is 14.4 Å². The topological polar surface area (TPSA) is 127 Å². The first-order chi connectivity index (χ1) is 11.3. The van der Waals surface area contributed by atoms with Crippen molar-refractivity contribution >= 4 is 33.6 Å². The Hall–Kier alpha value is -2.26. The van der Waals surface area contributed by atoms with E-state index in [2.05, 4.69) is 16.0 Å². The Balaban J connectivity index is 1.63. The number of carbonyl (C=O) groups is 3. The molecule has 2 aliphatic heterocycles. The summed E-state index contributed by atoms with van der Waals surface area (Å²) >= 11 is 0. The van der Waals surface area contributed by atoms with Gasteiger partial charge in [-0.05, 0) is 12.1 Å². The fourth-order valence-corrected chi connectivity index (χ4v) is 4.51. The minimum absolute atomic E-state index is 0.0495. The highest BCUT2D eigenvalue weighted by atomic mass is 32.3. The average molecular weight is 351 g/mol. The van der Waals surface area contributed by atoms with Crippen molar-refractivity contribution in [2.24, 2.45) is 0 Å². The molecule has 3 rings (SSSR count). The van der Waals surface area contributed by atoms with Crippen molar-refractivity contribution in [3.63, 3.8) is 0 Å². The lowest BCUT2D eigenvalue weighted by molar-refractivity contribution is -0.126. The maximum atomic E-state index is 12.2. The maximum Gasteiger partial charge on any atom is 0.254 e. The van der Waals surface area contributed by atoms with Crippen LogP contribution in [0.2, 0.25) is 0 Å². The van der Waals surface area contributed by atoms with Crippen LogP contribution < -0.4 is 16.0 Å².